The molecule has 0 aliphatic heterocycles. The van der Waals surface area contributed by atoms with Crippen LogP contribution in [0.3, 0.4) is 0 Å². The van der Waals surface area contributed by atoms with E-state index < -0.39 is 0 Å². The lowest BCUT2D eigenvalue weighted by atomic mass is 10.2. The second-order valence-electron chi connectivity index (χ2n) is 5.88. The molecule has 0 radical (unpaired) electrons. The van der Waals surface area contributed by atoms with Crippen molar-refractivity contribution in [1.29, 1.82) is 5.41 Å². The topological polar surface area (TPSA) is 58.1 Å². The van der Waals surface area contributed by atoms with Crippen LogP contribution < -0.4 is 5.68 Å². The summed E-state index contributed by atoms with van der Waals surface area (Å²) in [7, 11) is 0. The predicted molar refractivity (Wildman–Crippen MR) is 92.0 cm³/mol. The van der Waals surface area contributed by atoms with E-state index in [2.05, 4.69) is 23.9 Å². The third kappa shape index (κ3) is 5.06. The van der Waals surface area contributed by atoms with E-state index >= 15 is 0 Å². The van der Waals surface area contributed by atoms with Crippen LogP contribution in [-0.4, -0.2) is 34.3 Å². The minimum atomic E-state index is 0.120. The molecule has 1 heterocycles. The van der Waals surface area contributed by atoms with E-state index in [1.165, 1.54) is 25.7 Å². The smallest absolute Gasteiger partial charge is 0.315 e. The molecule has 1 aromatic heterocycles. The zero-order valence-electron chi connectivity index (χ0n) is 14.3. The maximum Gasteiger partial charge on any atom is 0.320 e. The van der Waals surface area contributed by atoms with Crippen LogP contribution in [0.4, 0.5) is 0 Å². The highest BCUT2D eigenvalue weighted by molar-refractivity contribution is 5.54. The van der Waals surface area contributed by atoms with Crippen LogP contribution in [0.1, 0.15) is 39.5 Å². The molecule has 0 spiro atoms. The van der Waals surface area contributed by atoms with Crippen molar-refractivity contribution in [1.82, 2.24) is 14.6 Å². The Labute approximate surface area is 138 Å². The van der Waals surface area contributed by atoms with Gasteiger partial charge in [0.2, 0.25) is 0 Å². The van der Waals surface area contributed by atoms with E-state index in [0.717, 1.165) is 37.6 Å². The van der Waals surface area contributed by atoms with Crippen molar-refractivity contribution in [3.05, 3.63) is 36.0 Å². The number of nitrogens with zero attached hydrogens (tertiary/aromatic N) is 3. The van der Waals surface area contributed by atoms with E-state index in [1.54, 1.807) is 0 Å². The molecule has 23 heavy (non-hydrogen) atoms. The summed E-state index contributed by atoms with van der Waals surface area (Å²) in [5, 5.41) is 12.0. The van der Waals surface area contributed by atoms with Gasteiger partial charge in [-0.1, -0.05) is 62.2 Å². The Balaban J connectivity index is 2.07. The van der Waals surface area contributed by atoms with Gasteiger partial charge in [0.25, 0.3) is 0 Å². The Hall–Kier alpha value is -1.88. The van der Waals surface area contributed by atoms with Crippen LogP contribution in [0.5, 0.6) is 0 Å². The van der Waals surface area contributed by atoms with Gasteiger partial charge in [0.1, 0.15) is 0 Å². The Morgan fingerprint density at radius 3 is 2.30 bits per heavy atom. The number of nitrogens with one attached hydrogen (secondary N) is 1. The van der Waals surface area contributed by atoms with Gasteiger partial charge in [-0.15, -0.1) is 0 Å². The molecule has 2 rings (SSSR count). The Morgan fingerprint density at radius 2 is 1.70 bits per heavy atom. The average Bonchev–Trinajstić information content (AvgIpc) is 2.96. The van der Waals surface area contributed by atoms with Crippen LogP contribution in [0.15, 0.2) is 34.9 Å². The molecular weight excluding hydrogens is 288 g/mol. The third-order valence-electron chi connectivity index (χ3n) is 4.05. The maximum atomic E-state index is 7.98. The van der Waals surface area contributed by atoms with Crippen molar-refractivity contribution < 1.29 is 4.52 Å². The molecule has 0 atom stereocenters. The first-order chi connectivity index (χ1) is 11.3. The Bertz CT molecular complexity index is 609. The van der Waals surface area contributed by atoms with Gasteiger partial charge in [-0.2, -0.15) is 0 Å². The summed E-state index contributed by atoms with van der Waals surface area (Å²) >= 11 is 0. The van der Waals surface area contributed by atoms with Gasteiger partial charge in [0.05, 0.1) is 0 Å². The van der Waals surface area contributed by atoms with E-state index in [4.69, 9.17) is 9.93 Å². The molecule has 1 aromatic carbocycles. The monoisotopic (exact) mass is 316 g/mol. The highest BCUT2D eigenvalue weighted by atomic mass is 16.5. The van der Waals surface area contributed by atoms with Crippen molar-refractivity contribution in [2.45, 2.75) is 46.1 Å². The number of rotatable bonds is 10. The molecule has 0 amide bonds. The SMILES string of the molecule is CCCCN(CCCC)CCn1c(-c2ccccc2)noc1=N. The third-order valence-corrected chi connectivity index (χ3v) is 4.05. The van der Waals surface area contributed by atoms with E-state index in [-0.39, 0.29) is 5.68 Å². The molecule has 126 valence electrons. The van der Waals surface area contributed by atoms with Crippen molar-refractivity contribution >= 4 is 0 Å². The zero-order valence-corrected chi connectivity index (χ0v) is 14.3. The molecule has 0 saturated heterocycles. The van der Waals surface area contributed by atoms with Crippen molar-refractivity contribution in [2.75, 3.05) is 19.6 Å². The molecular formula is C18H28N4O. The zero-order chi connectivity index (χ0) is 16.5. The van der Waals surface area contributed by atoms with Crippen LogP contribution in [-0.2, 0) is 6.54 Å². The van der Waals surface area contributed by atoms with Crippen LogP contribution in [0.2, 0.25) is 0 Å². The average molecular weight is 316 g/mol. The summed E-state index contributed by atoms with van der Waals surface area (Å²) < 4.78 is 6.97. The Kier molecular flexibility index (Phi) is 7.07. The molecule has 5 nitrogen and oxygen atoms in total. The van der Waals surface area contributed by atoms with Crippen LogP contribution in [0.25, 0.3) is 11.4 Å². The van der Waals surface area contributed by atoms with Crippen molar-refractivity contribution in [3.63, 3.8) is 0 Å². The molecule has 5 heteroatoms. The molecule has 0 saturated carbocycles. The second-order valence-corrected chi connectivity index (χ2v) is 5.88. The molecule has 0 fully saturated rings. The van der Waals surface area contributed by atoms with Crippen LogP contribution in [0, 0.1) is 5.41 Å². The minimum Gasteiger partial charge on any atom is -0.315 e. The van der Waals surface area contributed by atoms with Gasteiger partial charge in [-0.05, 0) is 25.9 Å². The maximum absolute atomic E-state index is 7.98. The lowest BCUT2D eigenvalue weighted by Crippen LogP contribution is -2.32. The van der Waals surface area contributed by atoms with E-state index in [9.17, 15) is 0 Å². The molecule has 0 aliphatic rings. The molecule has 0 unspecified atom stereocenters. The van der Waals surface area contributed by atoms with E-state index in [1.807, 2.05) is 34.9 Å². The largest absolute Gasteiger partial charge is 0.320 e. The first-order valence-corrected chi connectivity index (χ1v) is 8.65. The number of unbranched alkanes of at least 4 members (excludes halogenated alkanes) is 2. The van der Waals surface area contributed by atoms with Crippen molar-refractivity contribution in [2.24, 2.45) is 0 Å². The fraction of sp³-hybridized carbons (Fsp3) is 0.556. The van der Waals surface area contributed by atoms with Gasteiger partial charge < -0.3 is 9.42 Å². The Morgan fingerprint density at radius 1 is 1.04 bits per heavy atom. The van der Waals surface area contributed by atoms with E-state index in [0.29, 0.717) is 0 Å². The summed E-state index contributed by atoms with van der Waals surface area (Å²) in [6.45, 7) is 8.36. The first kappa shape index (κ1) is 17.5. The fourth-order valence-corrected chi connectivity index (χ4v) is 2.62. The summed E-state index contributed by atoms with van der Waals surface area (Å²) in [5.74, 6) is 0.738. The minimum absolute atomic E-state index is 0.120. The molecule has 2 aromatic rings. The second kappa shape index (κ2) is 9.30. The van der Waals surface area contributed by atoms with Gasteiger partial charge >= 0.3 is 5.68 Å². The number of hydrogen-bond donors (Lipinski definition) is 1. The summed E-state index contributed by atoms with van der Waals surface area (Å²) in [6.07, 6.45) is 4.86. The highest BCUT2D eigenvalue weighted by Crippen LogP contribution is 2.14. The van der Waals surface area contributed by atoms with Gasteiger partial charge in [-0.25, -0.2) is 5.41 Å². The molecule has 0 aliphatic carbocycles. The molecule has 1 N–H and O–H groups in total. The lowest BCUT2D eigenvalue weighted by Gasteiger charge is -2.22. The predicted octanol–water partition coefficient (Wildman–Crippen LogP) is 3.52. The van der Waals surface area contributed by atoms with Gasteiger partial charge in [-0.3, -0.25) is 4.57 Å². The standard InChI is InChI=1S/C18H28N4O/c1-3-5-12-21(13-6-4-2)14-15-22-17(20-23-18(22)19)16-10-8-7-9-11-16/h7-11,19H,3-6,12-15H2,1-2H3. The van der Waals surface area contributed by atoms with Gasteiger partial charge in [0, 0.05) is 18.7 Å². The number of hydrogen-bond acceptors (Lipinski definition) is 4. The highest BCUT2D eigenvalue weighted by Gasteiger charge is 2.12. The fourth-order valence-electron chi connectivity index (χ4n) is 2.62. The normalized spacial score (nSPS) is 11.3. The van der Waals surface area contributed by atoms with Crippen LogP contribution >= 0.6 is 0 Å². The molecule has 0 bridgehead atoms. The van der Waals surface area contributed by atoms with Crippen molar-refractivity contribution in [3.8, 4) is 11.4 Å². The number of benzene rings is 1. The first-order valence-electron chi connectivity index (χ1n) is 8.65. The van der Waals surface area contributed by atoms with Gasteiger partial charge in [0.15, 0.2) is 5.82 Å². The quantitative estimate of drug-likeness (QED) is 0.729. The summed E-state index contributed by atoms with van der Waals surface area (Å²) in [6, 6.07) is 9.94. The lowest BCUT2D eigenvalue weighted by molar-refractivity contribution is 0.250. The number of aromatic nitrogens is 2. The summed E-state index contributed by atoms with van der Waals surface area (Å²) in [5.41, 5.74) is 1.11. The summed E-state index contributed by atoms with van der Waals surface area (Å²) in [4.78, 5) is 2.49.